The van der Waals surface area contributed by atoms with Gasteiger partial charge in [0.2, 0.25) is 0 Å². The average Bonchev–Trinajstić information content (AvgIpc) is 2.98. The van der Waals surface area contributed by atoms with Gasteiger partial charge in [0, 0.05) is 10.1 Å². The van der Waals surface area contributed by atoms with Crippen molar-refractivity contribution < 1.29 is 9.53 Å². The van der Waals surface area contributed by atoms with Gasteiger partial charge in [0.25, 0.3) is 5.91 Å². The van der Waals surface area contributed by atoms with Gasteiger partial charge in [-0.25, -0.2) is 5.43 Å². The zero-order valence-corrected chi connectivity index (χ0v) is 15.4. The molecular weight excluding hydrogens is 356 g/mol. The molecule has 3 aromatic rings. The number of ether oxygens (including phenoxy) is 1. The van der Waals surface area contributed by atoms with Gasteiger partial charge in [-0.3, -0.25) is 4.79 Å². The number of hydrogen-bond acceptors (Lipinski definition) is 4. The summed E-state index contributed by atoms with van der Waals surface area (Å²) in [6, 6.07) is 13.4. The molecule has 2 aromatic carbocycles. The first-order valence-corrected chi connectivity index (χ1v) is 9.00. The Kier molecular flexibility index (Phi) is 5.36. The van der Waals surface area contributed by atoms with Crippen molar-refractivity contribution in [2.75, 3.05) is 7.11 Å². The minimum atomic E-state index is -0.311. The zero-order valence-electron chi connectivity index (χ0n) is 13.9. The van der Waals surface area contributed by atoms with Crippen molar-refractivity contribution in [2.24, 2.45) is 5.10 Å². The van der Waals surface area contributed by atoms with Crippen LogP contribution in [0.3, 0.4) is 0 Å². The Morgan fingerprint density at radius 3 is 2.72 bits per heavy atom. The maximum absolute atomic E-state index is 12.4. The lowest BCUT2D eigenvalue weighted by molar-refractivity contribution is 0.0959. The molecule has 4 nitrogen and oxygen atoms in total. The smallest absolute Gasteiger partial charge is 0.283 e. The van der Waals surface area contributed by atoms with Gasteiger partial charge in [0.15, 0.2) is 0 Å². The van der Waals surface area contributed by atoms with Crippen LogP contribution < -0.4 is 10.2 Å². The van der Waals surface area contributed by atoms with Crippen molar-refractivity contribution in [3.8, 4) is 5.75 Å². The SMILES string of the molecule is CCc1ccc2c(Cl)c(C(=O)N/N=C/c3ccc(OC)cc3)sc2c1. The van der Waals surface area contributed by atoms with Crippen LogP contribution >= 0.6 is 22.9 Å². The van der Waals surface area contributed by atoms with E-state index in [-0.39, 0.29) is 5.91 Å². The van der Waals surface area contributed by atoms with E-state index in [2.05, 4.69) is 23.5 Å². The Bertz CT molecular complexity index is 932. The van der Waals surface area contributed by atoms with E-state index in [0.717, 1.165) is 27.8 Å². The number of nitrogens with one attached hydrogen (secondary N) is 1. The fraction of sp³-hybridized carbons (Fsp3) is 0.158. The summed E-state index contributed by atoms with van der Waals surface area (Å²) in [5.41, 5.74) is 4.61. The minimum absolute atomic E-state index is 0.311. The van der Waals surface area contributed by atoms with Gasteiger partial charge in [-0.05, 0) is 47.9 Å². The van der Waals surface area contributed by atoms with Crippen molar-refractivity contribution in [3.63, 3.8) is 0 Å². The zero-order chi connectivity index (χ0) is 17.8. The number of halogens is 1. The summed E-state index contributed by atoms with van der Waals surface area (Å²) in [6.07, 6.45) is 2.52. The molecule has 0 bridgehead atoms. The first-order valence-electron chi connectivity index (χ1n) is 7.80. The summed E-state index contributed by atoms with van der Waals surface area (Å²) in [4.78, 5) is 12.8. The Balaban J connectivity index is 1.75. The van der Waals surface area contributed by atoms with E-state index >= 15 is 0 Å². The molecule has 0 spiro atoms. The van der Waals surface area contributed by atoms with Crippen LogP contribution in [-0.4, -0.2) is 19.2 Å². The van der Waals surface area contributed by atoms with E-state index < -0.39 is 0 Å². The molecule has 0 radical (unpaired) electrons. The van der Waals surface area contributed by atoms with Gasteiger partial charge in [-0.15, -0.1) is 11.3 Å². The standard InChI is InChI=1S/C19H17ClN2O2S/c1-3-12-6-9-15-16(10-12)25-18(17(15)20)19(23)22-21-11-13-4-7-14(24-2)8-5-13/h4-11H,3H2,1-2H3,(H,22,23)/b21-11+. The number of aryl methyl sites for hydroxylation is 1. The number of carbonyl (C=O) groups excluding carboxylic acids is 1. The van der Waals surface area contributed by atoms with Crippen molar-refractivity contribution in [1.82, 2.24) is 5.43 Å². The summed E-state index contributed by atoms with van der Waals surface area (Å²) >= 11 is 7.74. The molecule has 0 saturated carbocycles. The number of carbonyl (C=O) groups is 1. The van der Waals surface area contributed by atoms with Gasteiger partial charge in [0.1, 0.15) is 10.6 Å². The number of benzene rings is 2. The third kappa shape index (κ3) is 3.83. The molecule has 0 aliphatic carbocycles. The molecule has 0 unspecified atom stereocenters. The molecule has 0 aliphatic heterocycles. The Hall–Kier alpha value is -2.37. The van der Waals surface area contributed by atoms with Gasteiger partial charge < -0.3 is 4.74 Å². The Labute approximate surface area is 155 Å². The summed E-state index contributed by atoms with van der Waals surface area (Å²) in [7, 11) is 1.61. The monoisotopic (exact) mass is 372 g/mol. The molecule has 0 atom stereocenters. The maximum atomic E-state index is 12.4. The van der Waals surface area contributed by atoms with Crippen LogP contribution in [0.15, 0.2) is 47.6 Å². The molecule has 128 valence electrons. The summed E-state index contributed by atoms with van der Waals surface area (Å²) < 4.78 is 6.11. The fourth-order valence-electron chi connectivity index (χ4n) is 2.38. The third-order valence-corrected chi connectivity index (χ3v) is 5.46. The maximum Gasteiger partial charge on any atom is 0.283 e. The van der Waals surface area contributed by atoms with Crippen molar-refractivity contribution >= 4 is 45.1 Å². The predicted molar refractivity (Wildman–Crippen MR) is 104 cm³/mol. The van der Waals surface area contributed by atoms with Crippen molar-refractivity contribution in [1.29, 1.82) is 0 Å². The topological polar surface area (TPSA) is 50.7 Å². The molecule has 1 amide bonds. The Morgan fingerprint density at radius 2 is 2.04 bits per heavy atom. The summed E-state index contributed by atoms with van der Waals surface area (Å²) in [5.74, 6) is 0.457. The molecule has 1 aromatic heterocycles. The highest BCUT2D eigenvalue weighted by molar-refractivity contribution is 7.21. The first kappa shape index (κ1) is 17.5. The van der Waals surface area contributed by atoms with E-state index in [1.165, 1.54) is 16.9 Å². The molecule has 0 saturated heterocycles. The summed E-state index contributed by atoms with van der Waals surface area (Å²) in [5, 5.41) is 5.37. The number of amides is 1. The second-order valence-corrected chi connectivity index (χ2v) is 6.83. The van der Waals surface area contributed by atoms with Crippen LogP contribution in [0.1, 0.15) is 27.7 Å². The van der Waals surface area contributed by atoms with Crippen molar-refractivity contribution in [2.45, 2.75) is 13.3 Å². The molecule has 3 rings (SSSR count). The first-order chi connectivity index (χ1) is 12.1. The Morgan fingerprint density at radius 1 is 1.28 bits per heavy atom. The van der Waals surface area contributed by atoms with Crippen molar-refractivity contribution in [3.05, 3.63) is 63.5 Å². The predicted octanol–water partition coefficient (Wildman–Crippen LogP) is 4.89. The lowest BCUT2D eigenvalue weighted by atomic mass is 10.1. The van der Waals surface area contributed by atoms with E-state index in [1.807, 2.05) is 36.4 Å². The van der Waals surface area contributed by atoms with Crippen LogP contribution in [-0.2, 0) is 6.42 Å². The second-order valence-electron chi connectivity index (χ2n) is 5.40. The molecule has 6 heteroatoms. The lowest BCUT2D eigenvalue weighted by Gasteiger charge is -1.99. The van der Waals surface area contributed by atoms with E-state index in [9.17, 15) is 4.79 Å². The highest BCUT2D eigenvalue weighted by Crippen LogP contribution is 2.35. The van der Waals surface area contributed by atoms with Crippen LogP contribution in [0, 0.1) is 0 Å². The van der Waals surface area contributed by atoms with Gasteiger partial charge >= 0.3 is 0 Å². The van der Waals surface area contributed by atoms with E-state index in [4.69, 9.17) is 16.3 Å². The molecule has 1 heterocycles. The largest absolute Gasteiger partial charge is 0.497 e. The van der Waals surface area contributed by atoms with Gasteiger partial charge in [0.05, 0.1) is 18.3 Å². The van der Waals surface area contributed by atoms with Crippen LogP contribution in [0.4, 0.5) is 0 Å². The average molecular weight is 373 g/mol. The number of fused-ring (bicyclic) bond motifs is 1. The number of methoxy groups -OCH3 is 1. The normalized spacial score (nSPS) is 11.2. The summed E-state index contributed by atoms with van der Waals surface area (Å²) in [6.45, 7) is 2.10. The molecule has 25 heavy (non-hydrogen) atoms. The lowest BCUT2D eigenvalue weighted by Crippen LogP contribution is -2.16. The molecule has 0 fully saturated rings. The van der Waals surface area contributed by atoms with E-state index in [1.54, 1.807) is 13.3 Å². The number of hydrogen-bond donors (Lipinski definition) is 1. The van der Waals surface area contributed by atoms with E-state index in [0.29, 0.717) is 9.90 Å². The molecule has 1 N–H and O–H groups in total. The quantitative estimate of drug-likeness (QED) is 0.512. The number of thiophene rings is 1. The number of nitrogens with zero attached hydrogens (tertiary/aromatic N) is 1. The fourth-order valence-corrected chi connectivity index (χ4v) is 3.85. The minimum Gasteiger partial charge on any atom is -0.497 e. The highest BCUT2D eigenvalue weighted by Gasteiger charge is 2.16. The van der Waals surface area contributed by atoms with Gasteiger partial charge in [-0.1, -0.05) is 30.7 Å². The number of rotatable bonds is 5. The highest BCUT2D eigenvalue weighted by atomic mass is 35.5. The van der Waals surface area contributed by atoms with Gasteiger partial charge in [-0.2, -0.15) is 5.10 Å². The van der Waals surface area contributed by atoms with Crippen LogP contribution in [0.2, 0.25) is 5.02 Å². The molecule has 0 aliphatic rings. The van der Waals surface area contributed by atoms with Crippen LogP contribution in [0.5, 0.6) is 5.75 Å². The van der Waals surface area contributed by atoms with Crippen LogP contribution in [0.25, 0.3) is 10.1 Å². The third-order valence-electron chi connectivity index (χ3n) is 3.80. The second kappa shape index (κ2) is 7.68. The number of hydrazone groups is 1. The molecular formula is C19H17ClN2O2S.